The minimum absolute atomic E-state index is 0.0256. The van der Waals surface area contributed by atoms with Crippen LogP contribution in [-0.2, 0) is 52.0 Å². The number of carbonyl (C=O) groups excluding carboxylic acids is 1. The Labute approximate surface area is 328 Å². The van der Waals surface area contributed by atoms with E-state index in [-0.39, 0.29) is 61.4 Å². The third kappa shape index (κ3) is 9.90. The van der Waals surface area contributed by atoms with Crippen LogP contribution in [0.1, 0.15) is 56.8 Å². The molecule has 0 radical (unpaired) electrons. The standard InChI is InChI=1S/C48H46O8/c1-34(49)43-40(51-28-35-17-7-2-8-18-35)27-41(52-29-36-19-9-3-10-20-36)44(45(43)50)47-48(55-32-39-25-15-6-16-26-39)46(54-31-38-23-13-5-14-24-38)42(33-56-47)53-30-37-21-11-4-12-22-37/h2-27,42,46-48,50H,28-33H2,1H3/t42-,46-,47+,48+/m0/s1. The Kier molecular flexibility index (Phi) is 13.2. The van der Waals surface area contributed by atoms with Gasteiger partial charge in [-0.15, -0.1) is 0 Å². The van der Waals surface area contributed by atoms with Gasteiger partial charge in [0.2, 0.25) is 0 Å². The van der Waals surface area contributed by atoms with E-state index in [9.17, 15) is 9.90 Å². The van der Waals surface area contributed by atoms with E-state index in [1.807, 2.05) is 152 Å². The van der Waals surface area contributed by atoms with Gasteiger partial charge in [-0.2, -0.15) is 0 Å². The number of phenols is 1. The van der Waals surface area contributed by atoms with Gasteiger partial charge in [0.05, 0.1) is 32.0 Å². The van der Waals surface area contributed by atoms with E-state index in [4.69, 9.17) is 28.4 Å². The van der Waals surface area contributed by atoms with Crippen LogP contribution in [0.15, 0.2) is 158 Å². The lowest BCUT2D eigenvalue weighted by Crippen LogP contribution is -2.52. The zero-order valence-corrected chi connectivity index (χ0v) is 31.4. The molecule has 0 amide bonds. The van der Waals surface area contributed by atoms with Crippen LogP contribution in [0.3, 0.4) is 0 Å². The SMILES string of the molecule is CC(=O)c1c(OCc2ccccc2)cc(OCc2ccccc2)c([C@H]2OC[C@H](OCc3ccccc3)[C@H](OCc3ccccc3)[C@H]2OCc2ccccc2)c1O. The van der Waals surface area contributed by atoms with Gasteiger partial charge in [-0.3, -0.25) is 4.79 Å². The van der Waals surface area contributed by atoms with Gasteiger partial charge >= 0.3 is 0 Å². The molecule has 0 aromatic heterocycles. The second kappa shape index (κ2) is 19.2. The first-order chi connectivity index (χ1) is 27.5. The zero-order chi connectivity index (χ0) is 38.5. The normalized spacial score (nSPS) is 17.9. The van der Waals surface area contributed by atoms with Gasteiger partial charge in [0, 0.05) is 6.07 Å². The highest BCUT2D eigenvalue weighted by Gasteiger charge is 2.46. The van der Waals surface area contributed by atoms with Crippen molar-refractivity contribution in [3.63, 3.8) is 0 Å². The first-order valence-electron chi connectivity index (χ1n) is 18.9. The Morgan fingerprint density at radius 1 is 0.554 bits per heavy atom. The maximum atomic E-state index is 13.4. The van der Waals surface area contributed by atoms with Crippen molar-refractivity contribution in [2.45, 2.75) is 64.4 Å². The fourth-order valence-corrected chi connectivity index (χ4v) is 6.81. The van der Waals surface area contributed by atoms with Crippen LogP contribution >= 0.6 is 0 Å². The average Bonchev–Trinajstić information content (AvgIpc) is 3.24. The summed E-state index contributed by atoms with van der Waals surface area (Å²) in [7, 11) is 0. The monoisotopic (exact) mass is 750 g/mol. The molecule has 1 aliphatic heterocycles. The number of benzene rings is 6. The molecule has 0 unspecified atom stereocenters. The predicted octanol–water partition coefficient (Wildman–Crippen LogP) is 9.58. The van der Waals surface area contributed by atoms with E-state index >= 15 is 0 Å². The first kappa shape index (κ1) is 38.5. The molecule has 1 fully saturated rings. The number of hydrogen-bond donors (Lipinski definition) is 1. The van der Waals surface area contributed by atoms with E-state index in [1.165, 1.54) is 6.92 Å². The fraction of sp³-hybridized carbons (Fsp3) is 0.229. The van der Waals surface area contributed by atoms with Crippen LogP contribution in [0.2, 0.25) is 0 Å². The van der Waals surface area contributed by atoms with Crippen molar-refractivity contribution in [3.8, 4) is 17.2 Å². The van der Waals surface area contributed by atoms with Gasteiger partial charge in [-0.25, -0.2) is 0 Å². The molecule has 1 aliphatic rings. The van der Waals surface area contributed by atoms with E-state index < -0.39 is 24.4 Å². The number of rotatable bonds is 17. The van der Waals surface area contributed by atoms with Crippen molar-refractivity contribution < 1.29 is 38.3 Å². The van der Waals surface area contributed by atoms with E-state index in [0.29, 0.717) is 12.4 Å². The third-order valence-electron chi connectivity index (χ3n) is 9.68. The quantitative estimate of drug-likeness (QED) is 0.0922. The summed E-state index contributed by atoms with van der Waals surface area (Å²) < 4.78 is 39.6. The molecule has 286 valence electrons. The van der Waals surface area contributed by atoms with Gasteiger partial charge in [0.15, 0.2) is 5.78 Å². The predicted molar refractivity (Wildman–Crippen MR) is 213 cm³/mol. The largest absolute Gasteiger partial charge is 0.507 e. The van der Waals surface area contributed by atoms with Crippen LogP contribution in [0, 0.1) is 0 Å². The van der Waals surface area contributed by atoms with Crippen LogP contribution < -0.4 is 9.47 Å². The van der Waals surface area contributed by atoms with Gasteiger partial charge in [0.25, 0.3) is 0 Å². The Morgan fingerprint density at radius 2 is 0.946 bits per heavy atom. The highest BCUT2D eigenvalue weighted by molar-refractivity contribution is 6.00. The Hall–Kier alpha value is -5.77. The summed E-state index contributed by atoms with van der Waals surface area (Å²) in [6, 6.07) is 50.7. The number of Topliss-reactive ketones (excluding diaryl/α,β-unsaturated/α-hetero) is 1. The molecule has 1 heterocycles. The van der Waals surface area contributed by atoms with Crippen molar-refractivity contribution in [1.29, 1.82) is 0 Å². The maximum absolute atomic E-state index is 13.4. The molecule has 6 aromatic rings. The molecule has 0 spiro atoms. The molecule has 7 rings (SSSR count). The minimum Gasteiger partial charge on any atom is -0.507 e. The Bertz CT molecular complexity index is 2110. The number of carbonyl (C=O) groups is 1. The molecule has 8 nitrogen and oxygen atoms in total. The lowest BCUT2D eigenvalue weighted by atomic mass is 9.90. The van der Waals surface area contributed by atoms with Gasteiger partial charge in [0.1, 0.15) is 60.4 Å². The lowest BCUT2D eigenvalue weighted by molar-refractivity contribution is -0.241. The molecule has 0 saturated carbocycles. The summed E-state index contributed by atoms with van der Waals surface area (Å²) in [5.74, 6) is -0.179. The summed E-state index contributed by atoms with van der Waals surface area (Å²) in [6.45, 7) is 2.71. The zero-order valence-electron chi connectivity index (χ0n) is 31.4. The van der Waals surface area contributed by atoms with Crippen LogP contribution in [0.5, 0.6) is 17.2 Å². The van der Waals surface area contributed by atoms with Crippen LogP contribution in [0.4, 0.5) is 0 Å². The molecule has 8 heteroatoms. The second-order valence-electron chi connectivity index (χ2n) is 13.7. The van der Waals surface area contributed by atoms with Crippen molar-refractivity contribution in [2.24, 2.45) is 0 Å². The van der Waals surface area contributed by atoms with Crippen molar-refractivity contribution in [3.05, 3.63) is 197 Å². The van der Waals surface area contributed by atoms with Crippen LogP contribution in [0.25, 0.3) is 0 Å². The summed E-state index contributed by atoms with van der Waals surface area (Å²) in [6.07, 6.45) is -2.98. The average molecular weight is 751 g/mol. The van der Waals surface area contributed by atoms with Crippen molar-refractivity contribution >= 4 is 5.78 Å². The van der Waals surface area contributed by atoms with Gasteiger partial charge in [-0.05, 0) is 34.7 Å². The number of ether oxygens (including phenoxy) is 6. The third-order valence-corrected chi connectivity index (χ3v) is 9.68. The lowest BCUT2D eigenvalue weighted by Gasteiger charge is -2.43. The Balaban J connectivity index is 1.30. The summed E-state index contributed by atoms with van der Waals surface area (Å²) >= 11 is 0. The van der Waals surface area contributed by atoms with Crippen molar-refractivity contribution in [1.82, 2.24) is 0 Å². The number of ketones is 1. The number of hydrogen-bond acceptors (Lipinski definition) is 8. The van der Waals surface area contributed by atoms with E-state index in [2.05, 4.69) is 0 Å². The molecule has 6 aromatic carbocycles. The summed E-state index contributed by atoms with van der Waals surface area (Å²) in [5, 5.41) is 12.3. The number of phenolic OH excluding ortho intramolecular Hbond substituents is 1. The molecule has 1 N–H and O–H groups in total. The molecule has 0 aliphatic carbocycles. The number of aromatic hydroxyl groups is 1. The second-order valence-corrected chi connectivity index (χ2v) is 13.7. The molecule has 1 saturated heterocycles. The highest BCUT2D eigenvalue weighted by Crippen LogP contribution is 2.48. The summed E-state index contributed by atoms with van der Waals surface area (Å²) in [5.41, 5.74) is 5.04. The van der Waals surface area contributed by atoms with Crippen LogP contribution in [-0.4, -0.2) is 35.8 Å². The molecular formula is C48H46O8. The fourth-order valence-electron chi connectivity index (χ4n) is 6.81. The first-order valence-corrected chi connectivity index (χ1v) is 18.9. The Morgan fingerprint density at radius 3 is 1.39 bits per heavy atom. The van der Waals surface area contributed by atoms with Crippen molar-refractivity contribution in [2.75, 3.05) is 6.61 Å². The maximum Gasteiger partial charge on any atom is 0.167 e. The molecular weight excluding hydrogens is 705 g/mol. The topological polar surface area (TPSA) is 92.7 Å². The minimum atomic E-state index is -0.942. The van der Waals surface area contributed by atoms with Gasteiger partial charge < -0.3 is 33.5 Å². The van der Waals surface area contributed by atoms with E-state index in [0.717, 1.165) is 27.8 Å². The van der Waals surface area contributed by atoms with Gasteiger partial charge in [-0.1, -0.05) is 152 Å². The molecule has 0 bridgehead atoms. The highest BCUT2D eigenvalue weighted by atomic mass is 16.6. The smallest absolute Gasteiger partial charge is 0.167 e. The molecule has 4 atom stereocenters. The summed E-state index contributed by atoms with van der Waals surface area (Å²) in [4.78, 5) is 13.4. The van der Waals surface area contributed by atoms with E-state index in [1.54, 1.807) is 6.07 Å². The molecule has 56 heavy (non-hydrogen) atoms.